The monoisotopic (exact) mass is 283 g/mol. The molecule has 0 aliphatic rings. The van der Waals surface area contributed by atoms with Crippen LogP contribution in [0.25, 0.3) is 0 Å². The van der Waals surface area contributed by atoms with E-state index in [2.05, 4.69) is 13.8 Å². The molecular formula is C18H18FNO. The van der Waals surface area contributed by atoms with Crippen molar-refractivity contribution in [2.45, 2.75) is 32.8 Å². The van der Waals surface area contributed by atoms with Crippen LogP contribution in [0.5, 0.6) is 5.75 Å². The summed E-state index contributed by atoms with van der Waals surface area (Å²) in [5, 5.41) is 8.83. The Morgan fingerprint density at radius 1 is 1.19 bits per heavy atom. The summed E-state index contributed by atoms with van der Waals surface area (Å²) in [6.07, 6.45) is 1.09. The SMILES string of the molecule is CCC(C)c1ccc(OCc2cc(C#N)ccc2F)cc1. The van der Waals surface area contributed by atoms with Crippen LogP contribution in [-0.2, 0) is 6.61 Å². The van der Waals surface area contributed by atoms with Gasteiger partial charge in [-0.25, -0.2) is 4.39 Å². The molecule has 0 aromatic heterocycles. The molecule has 0 spiro atoms. The summed E-state index contributed by atoms with van der Waals surface area (Å²) < 4.78 is 19.2. The lowest BCUT2D eigenvalue weighted by Crippen LogP contribution is -1.99. The van der Waals surface area contributed by atoms with Crippen molar-refractivity contribution < 1.29 is 9.13 Å². The van der Waals surface area contributed by atoms with Crippen LogP contribution in [-0.4, -0.2) is 0 Å². The number of nitrogens with zero attached hydrogens (tertiary/aromatic N) is 1. The lowest BCUT2D eigenvalue weighted by Gasteiger charge is -2.11. The van der Waals surface area contributed by atoms with Gasteiger partial charge in [0.2, 0.25) is 0 Å². The quantitative estimate of drug-likeness (QED) is 0.790. The Kier molecular flexibility index (Phi) is 4.94. The molecular weight excluding hydrogens is 265 g/mol. The maximum Gasteiger partial charge on any atom is 0.129 e. The highest BCUT2D eigenvalue weighted by molar-refractivity contribution is 5.34. The van der Waals surface area contributed by atoms with Gasteiger partial charge in [0.1, 0.15) is 18.2 Å². The predicted molar refractivity (Wildman–Crippen MR) is 80.6 cm³/mol. The first kappa shape index (κ1) is 15.1. The number of nitriles is 1. The highest BCUT2D eigenvalue weighted by atomic mass is 19.1. The molecule has 0 radical (unpaired) electrons. The molecule has 0 N–H and O–H groups in total. The third-order valence-corrected chi connectivity index (χ3v) is 3.63. The Morgan fingerprint density at radius 2 is 1.90 bits per heavy atom. The fraction of sp³-hybridized carbons (Fsp3) is 0.278. The maximum absolute atomic E-state index is 13.6. The molecule has 0 bridgehead atoms. The number of halogens is 1. The molecule has 2 aromatic rings. The minimum absolute atomic E-state index is 0.115. The van der Waals surface area contributed by atoms with E-state index in [-0.39, 0.29) is 12.4 Å². The zero-order valence-corrected chi connectivity index (χ0v) is 12.3. The van der Waals surface area contributed by atoms with Crippen molar-refractivity contribution >= 4 is 0 Å². The number of ether oxygens (including phenoxy) is 1. The second-order valence-electron chi connectivity index (χ2n) is 5.08. The van der Waals surface area contributed by atoms with Crippen LogP contribution in [0.4, 0.5) is 4.39 Å². The van der Waals surface area contributed by atoms with E-state index < -0.39 is 0 Å². The molecule has 1 unspecified atom stereocenters. The van der Waals surface area contributed by atoms with Crippen LogP contribution >= 0.6 is 0 Å². The van der Waals surface area contributed by atoms with Crippen molar-refractivity contribution in [1.29, 1.82) is 5.26 Å². The number of hydrogen-bond acceptors (Lipinski definition) is 2. The highest BCUT2D eigenvalue weighted by Gasteiger charge is 2.06. The van der Waals surface area contributed by atoms with E-state index in [0.29, 0.717) is 22.8 Å². The van der Waals surface area contributed by atoms with Gasteiger partial charge in [-0.15, -0.1) is 0 Å². The van der Waals surface area contributed by atoms with Crippen LogP contribution in [0, 0.1) is 17.1 Å². The second-order valence-corrected chi connectivity index (χ2v) is 5.08. The van der Waals surface area contributed by atoms with Crippen molar-refractivity contribution in [3.8, 4) is 11.8 Å². The molecule has 2 rings (SSSR count). The Balaban J connectivity index is 2.05. The van der Waals surface area contributed by atoms with Crippen LogP contribution in [0.2, 0.25) is 0 Å². The molecule has 21 heavy (non-hydrogen) atoms. The molecule has 0 heterocycles. The average molecular weight is 283 g/mol. The molecule has 1 atom stereocenters. The summed E-state index contributed by atoms with van der Waals surface area (Å²) in [4.78, 5) is 0. The fourth-order valence-electron chi connectivity index (χ4n) is 2.04. The zero-order valence-electron chi connectivity index (χ0n) is 12.3. The minimum atomic E-state index is -0.356. The Hall–Kier alpha value is -2.34. The minimum Gasteiger partial charge on any atom is -0.489 e. The number of benzene rings is 2. The van der Waals surface area contributed by atoms with Crippen molar-refractivity contribution in [2.75, 3.05) is 0 Å². The number of hydrogen-bond donors (Lipinski definition) is 0. The first-order valence-electron chi connectivity index (χ1n) is 7.05. The molecule has 2 aromatic carbocycles. The van der Waals surface area contributed by atoms with E-state index in [4.69, 9.17) is 10.00 Å². The molecule has 108 valence electrons. The van der Waals surface area contributed by atoms with Gasteiger partial charge in [0.15, 0.2) is 0 Å². The zero-order chi connectivity index (χ0) is 15.2. The van der Waals surface area contributed by atoms with Crippen molar-refractivity contribution in [3.05, 3.63) is 65.0 Å². The van der Waals surface area contributed by atoms with Gasteiger partial charge >= 0.3 is 0 Å². The van der Waals surface area contributed by atoms with E-state index >= 15 is 0 Å². The van der Waals surface area contributed by atoms with Crippen molar-refractivity contribution in [3.63, 3.8) is 0 Å². The smallest absolute Gasteiger partial charge is 0.129 e. The largest absolute Gasteiger partial charge is 0.489 e. The third kappa shape index (κ3) is 3.82. The normalized spacial score (nSPS) is 11.7. The summed E-state index contributed by atoms with van der Waals surface area (Å²) in [6.45, 7) is 4.45. The molecule has 0 saturated heterocycles. The predicted octanol–water partition coefficient (Wildman–Crippen LogP) is 4.79. The van der Waals surface area contributed by atoms with Gasteiger partial charge < -0.3 is 4.74 Å². The lowest BCUT2D eigenvalue weighted by atomic mass is 9.99. The summed E-state index contributed by atoms with van der Waals surface area (Å²) in [5.41, 5.74) is 2.09. The van der Waals surface area contributed by atoms with Gasteiger partial charge in [0, 0.05) is 5.56 Å². The van der Waals surface area contributed by atoms with Gasteiger partial charge in [0.25, 0.3) is 0 Å². The van der Waals surface area contributed by atoms with Gasteiger partial charge in [-0.05, 0) is 48.2 Å². The average Bonchev–Trinajstić information content (AvgIpc) is 2.54. The van der Waals surface area contributed by atoms with Gasteiger partial charge in [-0.2, -0.15) is 5.26 Å². The standard InChI is InChI=1S/C18H18FNO/c1-3-13(2)15-5-7-17(8-6-15)21-12-16-10-14(11-20)4-9-18(16)19/h4-10,13H,3,12H2,1-2H3. The van der Waals surface area contributed by atoms with E-state index in [9.17, 15) is 4.39 Å². The lowest BCUT2D eigenvalue weighted by molar-refractivity contribution is 0.299. The summed E-state index contributed by atoms with van der Waals surface area (Å²) in [7, 11) is 0. The fourth-order valence-corrected chi connectivity index (χ4v) is 2.04. The van der Waals surface area contributed by atoms with Crippen LogP contribution in [0.15, 0.2) is 42.5 Å². The van der Waals surface area contributed by atoms with Gasteiger partial charge in [-0.1, -0.05) is 26.0 Å². The summed E-state index contributed by atoms with van der Waals surface area (Å²) in [6, 6.07) is 14.1. The summed E-state index contributed by atoms with van der Waals surface area (Å²) in [5.74, 6) is 0.859. The molecule has 0 aliphatic heterocycles. The van der Waals surface area contributed by atoms with Crippen LogP contribution in [0.3, 0.4) is 0 Å². The molecule has 0 fully saturated rings. The second kappa shape index (κ2) is 6.90. The first-order chi connectivity index (χ1) is 10.1. The Bertz CT molecular complexity index is 643. The molecule has 0 amide bonds. The number of rotatable bonds is 5. The third-order valence-electron chi connectivity index (χ3n) is 3.63. The van der Waals surface area contributed by atoms with Crippen LogP contribution in [0.1, 0.15) is 42.9 Å². The Morgan fingerprint density at radius 3 is 2.52 bits per heavy atom. The molecule has 3 heteroatoms. The van der Waals surface area contributed by atoms with Gasteiger partial charge in [0.05, 0.1) is 11.6 Å². The molecule has 0 aliphatic carbocycles. The molecule has 2 nitrogen and oxygen atoms in total. The van der Waals surface area contributed by atoms with Crippen molar-refractivity contribution in [1.82, 2.24) is 0 Å². The first-order valence-corrected chi connectivity index (χ1v) is 7.05. The highest BCUT2D eigenvalue weighted by Crippen LogP contribution is 2.22. The Labute approximate surface area is 124 Å². The van der Waals surface area contributed by atoms with Crippen molar-refractivity contribution in [2.24, 2.45) is 0 Å². The maximum atomic E-state index is 13.6. The topological polar surface area (TPSA) is 33.0 Å². The van der Waals surface area contributed by atoms with Gasteiger partial charge in [-0.3, -0.25) is 0 Å². The summed E-state index contributed by atoms with van der Waals surface area (Å²) >= 11 is 0. The van der Waals surface area contributed by atoms with E-state index in [0.717, 1.165) is 6.42 Å². The van der Waals surface area contributed by atoms with Crippen LogP contribution < -0.4 is 4.74 Å². The van der Waals surface area contributed by atoms with E-state index in [1.165, 1.54) is 23.8 Å². The molecule has 0 saturated carbocycles. The van der Waals surface area contributed by atoms with E-state index in [1.54, 1.807) is 0 Å². The van der Waals surface area contributed by atoms with E-state index in [1.807, 2.05) is 30.3 Å².